The first kappa shape index (κ1) is 19.8. The van der Waals surface area contributed by atoms with E-state index in [9.17, 15) is 14.7 Å². The Labute approximate surface area is 164 Å². The molecule has 1 aliphatic rings. The van der Waals surface area contributed by atoms with E-state index in [1.165, 1.54) is 0 Å². The Kier molecular flexibility index (Phi) is 6.61. The zero-order chi connectivity index (χ0) is 19.9. The fourth-order valence-corrected chi connectivity index (χ4v) is 3.51. The molecule has 0 spiro atoms. The maximum Gasteiger partial charge on any atom is 0.335 e. The van der Waals surface area contributed by atoms with Gasteiger partial charge in [0.15, 0.2) is 0 Å². The molecule has 5 nitrogen and oxygen atoms in total. The first-order chi connectivity index (χ1) is 13.5. The van der Waals surface area contributed by atoms with Gasteiger partial charge in [0.25, 0.3) is 0 Å². The van der Waals surface area contributed by atoms with Gasteiger partial charge in [-0.3, -0.25) is 4.79 Å². The summed E-state index contributed by atoms with van der Waals surface area (Å²) >= 11 is 0. The minimum Gasteiger partial charge on any atom is -0.478 e. The van der Waals surface area contributed by atoms with Crippen LogP contribution in [0.2, 0.25) is 0 Å². The molecule has 146 valence electrons. The Morgan fingerprint density at radius 1 is 1.14 bits per heavy atom. The van der Waals surface area contributed by atoms with Crippen LogP contribution in [0.25, 0.3) is 0 Å². The van der Waals surface area contributed by atoms with Crippen LogP contribution in [0.5, 0.6) is 0 Å². The number of hydrogen-bond donors (Lipinski definition) is 2. The number of hydrogen-bond acceptors (Lipinski definition) is 3. The number of carboxylic acid groups (broad SMARTS) is 1. The van der Waals surface area contributed by atoms with Gasteiger partial charge in [-0.05, 0) is 42.5 Å². The summed E-state index contributed by atoms with van der Waals surface area (Å²) in [6.07, 6.45) is 5.91. The molecule has 3 rings (SSSR count). The molecule has 0 aromatic heterocycles. The number of carbonyl (C=O) groups is 2. The van der Waals surface area contributed by atoms with E-state index < -0.39 is 12.1 Å². The topological polar surface area (TPSA) is 77.8 Å². The monoisotopic (exact) mass is 379 g/mol. The maximum absolute atomic E-state index is 12.2. The average molecular weight is 379 g/mol. The highest BCUT2D eigenvalue weighted by atomic mass is 16.4. The average Bonchev–Trinajstić information content (AvgIpc) is 3.07. The molecule has 1 aliphatic heterocycles. The van der Waals surface area contributed by atoms with E-state index in [1.54, 1.807) is 18.2 Å². The van der Waals surface area contributed by atoms with Crippen molar-refractivity contribution in [2.75, 3.05) is 6.54 Å². The highest BCUT2D eigenvalue weighted by Gasteiger charge is 2.28. The lowest BCUT2D eigenvalue weighted by atomic mass is 10.1. The maximum atomic E-state index is 12.2. The van der Waals surface area contributed by atoms with Crippen LogP contribution < -0.4 is 0 Å². The van der Waals surface area contributed by atoms with Gasteiger partial charge in [0.1, 0.15) is 0 Å². The molecule has 1 unspecified atom stereocenters. The van der Waals surface area contributed by atoms with Crippen molar-refractivity contribution in [3.8, 4) is 0 Å². The second-order valence-corrected chi connectivity index (χ2v) is 7.04. The zero-order valence-corrected chi connectivity index (χ0v) is 15.7. The fourth-order valence-electron chi connectivity index (χ4n) is 3.51. The van der Waals surface area contributed by atoms with Gasteiger partial charge in [-0.15, -0.1) is 0 Å². The number of aromatic carboxylic acids is 1. The summed E-state index contributed by atoms with van der Waals surface area (Å²) in [5.74, 6) is -0.786. The van der Waals surface area contributed by atoms with E-state index in [4.69, 9.17) is 5.11 Å². The molecule has 1 fully saturated rings. The van der Waals surface area contributed by atoms with E-state index in [0.717, 1.165) is 30.4 Å². The van der Waals surface area contributed by atoms with Gasteiger partial charge in [-0.25, -0.2) is 4.79 Å². The van der Waals surface area contributed by atoms with Crippen LogP contribution >= 0.6 is 0 Å². The number of nitrogens with zero attached hydrogens (tertiary/aromatic N) is 1. The van der Waals surface area contributed by atoms with E-state index in [1.807, 2.05) is 53.4 Å². The van der Waals surface area contributed by atoms with Crippen molar-refractivity contribution in [1.82, 2.24) is 4.90 Å². The Balaban J connectivity index is 1.53. The third-order valence-corrected chi connectivity index (χ3v) is 5.10. The fraction of sp³-hybridized carbons (Fsp3) is 0.304. The summed E-state index contributed by atoms with van der Waals surface area (Å²) < 4.78 is 0. The standard InChI is InChI=1S/C23H25NO4/c25-21(18-6-2-1-3-7-18)14-12-20-13-15-22(26)24(20)16-4-5-17-8-10-19(11-9-17)23(27)28/h1-3,6-12,14,20-21,25H,4-5,13,15-16H2,(H,27,28)/b14-12+/t20-,21?/m0/s1. The molecule has 2 N–H and O–H groups in total. The Hall–Kier alpha value is -2.92. The lowest BCUT2D eigenvalue weighted by Crippen LogP contribution is -2.33. The Morgan fingerprint density at radius 2 is 1.86 bits per heavy atom. The van der Waals surface area contributed by atoms with Crippen LogP contribution in [-0.2, 0) is 11.2 Å². The first-order valence-electron chi connectivity index (χ1n) is 9.57. The lowest BCUT2D eigenvalue weighted by molar-refractivity contribution is -0.128. The number of carbonyl (C=O) groups excluding carboxylic acids is 1. The molecule has 28 heavy (non-hydrogen) atoms. The molecule has 1 amide bonds. The zero-order valence-electron chi connectivity index (χ0n) is 15.7. The van der Waals surface area contributed by atoms with Crippen LogP contribution in [0, 0.1) is 0 Å². The van der Waals surface area contributed by atoms with Gasteiger partial charge < -0.3 is 15.1 Å². The minimum absolute atomic E-state index is 0.0141. The molecule has 0 aliphatic carbocycles. The number of rotatable bonds is 8. The largest absolute Gasteiger partial charge is 0.478 e. The molecule has 0 radical (unpaired) electrons. The van der Waals surface area contributed by atoms with E-state index in [2.05, 4.69) is 0 Å². The van der Waals surface area contributed by atoms with Crippen molar-refractivity contribution in [3.63, 3.8) is 0 Å². The number of benzene rings is 2. The first-order valence-corrected chi connectivity index (χ1v) is 9.57. The number of likely N-dealkylation sites (tertiary alicyclic amines) is 1. The molecule has 2 atom stereocenters. The summed E-state index contributed by atoms with van der Waals surface area (Å²) in [4.78, 5) is 25.0. The number of amides is 1. The van der Waals surface area contributed by atoms with Crippen molar-refractivity contribution in [3.05, 3.63) is 83.4 Å². The lowest BCUT2D eigenvalue weighted by Gasteiger charge is -2.22. The van der Waals surface area contributed by atoms with Gasteiger partial charge in [0.2, 0.25) is 5.91 Å². The summed E-state index contributed by atoms with van der Waals surface area (Å²) in [5, 5.41) is 19.2. The summed E-state index contributed by atoms with van der Waals surface area (Å²) in [6.45, 7) is 0.649. The molecule has 0 saturated carbocycles. The van der Waals surface area contributed by atoms with E-state index in [0.29, 0.717) is 13.0 Å². The van der Waals surface area contributed by atoms with Crippen molar-refractivity contribution < 1.29 is 19.8 Å². The Morgan fingerprint density at radius 3 is 2.54 bits per heavy atom. The number of aryl methyl sites for hydroxylation is 1. The van der Waals surface area contributed by atoms with Crippen LogP contribution in [0.3, 0.4) is 0 Å². The SMILES string of the molecule is O=C(O)c1ccc(CCCN2C(=O)CC[C@@H]2/C=C/C(O)c2ccccc2)cc1. The highest BCUT2D eigenvalue weighted by molar-refractivity contribution is 5.87. The molecule has 0 bridgehead atoms. The smallest absolute Gasteiger partial charge is 0.335 e. The minimum atomic E-state index is -0.929. The summed E-state index contributed by atoms with van der Waals surface area (Å²) in [5.41, 5.74) is 2.17. The van der Waals surface area contributed by atoms with Gasteiger partial charge in [0.05, 0.1) is 17.7 Å². The number of carboxylic acids is 1. The van der Waals surface area contributed by atoms with Crippen LogP contribution in [0.1, 0.15) is 46.9 Å². The quantitative estimate of drug-likeness (QED) is 0.687. The highest BCUT2D eigenvalue weighted by Crippen LogP contribution is 2.22. The second kappa shape index (κ2) is 9.33. The van der Waals surface area contributed by atoms with Crippen LogP contribution in [-0.4, -0.2) is 39.6 Å². The number of aliphatic hydroxyl groups excluding tert-OH is 1. The van der Waals surface area contributed by atoms with Crippen molar-refractivity contribution >= 4 is 11.9 Å². The van der Waals surface area contributed by atoms with E-state index in [-0.39, 0.29) is 17.5 Å². The van der Waals surface area contributed by atoms with Gasteiger partial charge >= 0.3 is 5.97 Å². The summed E-state index contributed by atoms with van der Waals surface area (Å²) in [7, 11) is 0. The summed E-state index contributed by atoms with van der Waals surface area (Å²) in [6, 6.07) is 16.3. The molecule has 5 heteroatoms. The van der Waals surface area contributed by atoms with Gasteiger partial charge in [-0.1, -0.05) is 54.6 Å². The van der Waals surface area contributed by atoms with Crippen molar-refractivity contribution in [2.45, 2.75) is 37.8 Å². The third-order valence-electron chi connectivity index (χ3n) is 5.10. The predicted molar refractivity (Wildman–Crippen MR) is 107 cm³/mol. The van der Waals surface area contributed by atoms with Crippen molar-refractivity contribution in [1.29, 1.82) is 0 Å². The van der Waals surface area contributed by atoms with Gasteiger partial charge in [-0.2, -0.15) is 0 Å². The van der Waals surface area contributed by atoms with Crippen LogP contribution in [0.4, 0.5) is 0 Å². The molecule has 2 aromatic carbocycles. The van der Waals surface area contributed by atoms with Gasteiger partial charge in [0, 0.05) is 13.0 Å². The molecule has 2 aromatic rings. The molecule has 1 heterocycles. The van der Waals surface area contributed by atoms with E-state index >= 15 is 0 Å². The predicted octanol–water partition coefficient (Wildman–Crippen LogP) is 3.60. The van der Waals surface area contributed by atoms with Crippen molar-refractivity contribution in [2.24, 2.45) is 0 Å². The molecular formula is C23H25NO4. The third kappa shape index (κ3) is 5.08. The number of aliphatic hydroxyl groups is 1. The second-order valence-electron chi connectivity index (χ2n) is 7.04. The van der Waals surface area contributed by atoms with Crippen LogP contribution in [0.15, 0.2) is 66.7 Å². The molecular weight excluding hydrogens is 354 g/mol. The Bertz CT molecular complexity index is 829. The molecule has 1 saturated heterocycles. The normalized spacial score (nSPS) is 18.0.